The van der Waals surface area contributed by atoms with Crippen LogP contribution in [0.15, 0.2) is 36.4 Å². The van der Waals surface area contributed by atoms with Gasteiger partial charge in [0.15, 0.2) is 0 Å². The second-order valence-corrected chi connectivity index (χ2v) is 4.05. The summed E-state index contributed by atoms with van der Waals surface area (Å²) in [5, 5.41) is 0.455. The number of hydrogen-bond donors (Lipinski definition) is 0. The summed E-state index contributed by atoms with van der Waals surface area (Å²) in [4.78, 5) is 0. The van der Waals surface area contributed by atoms with E-state index in [1.165, 1.54) is 12.1 Å². The molecule has 0 fully saturated rings. The molecule has 0 bridgehead atoms. The first-order valence-electron chi connectivity index (χ1n) is 4.79. The SMILES string of the molecule is Cc1cc(F)c(-c2cccc(Cl)c2)c(F)c1. The van der Waals surface area contributed by atoms with Crippen molar-refractivity contribution in [3.05, 3.63) is 58.6 Å². The number of hydrogen-bond acceptors (Lipinski definition) is 0. The minimum absolute atomic E-state index is 0.0342. The van der Waals surface area contributed by atoms with Crippen molar-refractivity contribution < 1.29 is 8.78 Å². The van der Waals surface area contributed by atoms with Gasteiger partial charge in [-0.15, -0.1) is 0 Å². The zero-order valence-electron chi connectivity index (χ0n) is 8.60. The Labute approximate surface area is 97.5 Å². The molecule has 0 N–H and O–H groups in total. The van der Waals surface area contributed by atoms with Crippen LogP contribution in [0.25, 0.3) is 11.1 Å². The smallest absolute Gasteiger partial charge is 0.134 e. The number of benzene rings is 2. The van der Waals surface area contributed by atoms with Crippen molar-refractivity contribution in [3.8, 4) is 11.1 Å². The van der Waals surface area contributed by atoms with E-state index in [1.807, 2.05) is 0 Å². The average Bonchev–Trinajstić information content (AvgIpc) is 2.15. The largest absolute Gasteiger partial charge is 0.206 e. The Morgan fingerprint density at radius 3 is 2.19 bits per heavy atom. The Kier molecular flexibility index (Phi) is 2.92. The number of halogens is 3. The highest BCUT2D eigenvalue weighted by Crippen LogP contribution is 2.28. The molecule has 0 saturated carbocycles. The van der Waals surface area contributed by atoms with E-state index in [4.69, 9.17) is 11.6 Å². The van der Waals surface area contributed by atoms with E-state index < -0.39 is 11.6 Å². The fourth-order valence-electron chi connectivity index (χ4n) is 1.62. The molecule has 0 nitrogen and oxygen atoms in total. The lowest BCUT2D eigenvalue weighted by Gasteiger charge is -2.06. The molecule has 2 aromatic rings. The normalized spacial score (nSPS) is 10.5. The Hall–Kier alpha value is -1.41. The van der Waals surface area contributed by atoms with Crippen LogP contribution in [-0.4, -0.2) is 0 Å². The van der Waals surface area contributed by atoms with Crippen LogP contribution in [0.5, 0.6) is 0 Å². The third-order valence-electron chi connectivity index (χ3n) is 2.30. The number of aryl methyl sites for hydroxylation is 1. The summed E-state index contributed by atoms with van der Waals surface area (Å²) in [6.07, 6.45) is 0. The summed E-state index contributed by atoms with van der Waals surface area (Å²) >= 11 is 5.79. The van der Waals surface area contributed by atoms with Gasteiger partial charge in [-0.2, -0.15) is 0 Å². The van der Waals surface area contributed by atoms with Crippen LogP contribution in [0, 0.1) is 18.6 Å². The van der Waals surface area contributed by atoms with Gasteiger partial charge >= 0.3 is 0 Å². The van der Waals surface area contributed by atoms with Crippen LogP contribution in [0.1, 0.15) is 5.56 Å². The van der Waals surface area contributed by atoms with Gasteiger partial charge < -0.3 is 0 Å². The first-order valence-corrected chi connectivity index (χ1v) is 5.17. The van der Waals surface area contributed by atoms with Gasteiger partial charge in [0.1, 0.15) is 11.6 Å². The van der Waals surface area contributed by atoms with Gasteiger partial charge in [0.25, 0.3) is 0 Å². The first-order chi connectivity index (χ1) is 7.58. The molecule has 16 heavy (non-hydrogen) atoms. The summed E-state index contributed by atoms with van der Waals surface area (Å²) in [6.45, 7) is 1.65. The zero-order valence-corrected chi connectivity index (χ0v) is 9.35. The third-order valence-corrected chi connectivity index (χ3v) is 2.53. The van der Waals surface area contributed by atoms with Crippen molar-refractivity contribution in [2.45, 2.75) is 6.92 Å². The highest BCUT2D eigenvalue weighted by molar-refractivity contribution is 6.30. The molecule has 0 spiro atoms. The van der Waals surface area contributed by atoms with Gasteiger partial charge in [-0.3, -0.25) is 0 Å². The van der Waals surface area contributed by atoms with E-state index in [2.05, 4.69) is 0 Å². The van der Waals surface area contributed by atoms with E-state index >= 15 is 0 Å². The topological polar surface area (TPSA) is 0 Å². The van der Waals surface area contributed by atoms with Crippen LogP contribution in [-0.2, 0) is 0 Å². The molecule has 0 saturated heterocycles. The molecule has 0 radical (unpaired) electrons. The Morgan fingerprint density at radius 1 is 1.00 bits per heavy atom. The molecule has 2 rings (SSSR count). The molecule has 0 heterocycles. The summed E-state index contributed by atoms with van der Waals surface area (Å²) in [7, 11) is 0. The maximum absolute atomic E-state index is 13.6. The van der Waals surface area contributed by atoms with Crippen molar-refractivity contribution in [3.63, 3.8) is 0 Å². The summed E-state index contributed by atoms with van der Waals surface area (Å²) < 4.78 is 27.3. The standard InChI is InChI=1S/C13H9ClF2/c1-8-5-11(15)13(12(16)6-8)9-3-2-4-10(14)7-9/h2-7H,1H3. The molecule has 0 aliphatic heterocycles. The second kappa shape index (κ2) is 4.22. The van der Waals surface area contributed by atoms with Crippen LogP contribution >= 0.6 is 11.6 Å². The highest BCUT2D eigenvalue weighted by atomic mass is 35.5. The van der Waals surface area contributed by atoms with Gasteiger partial charge in [0, 0.05) is 5.02 Å². The maximum atomic E-state index is 13.6. The van der Waals surface area contributed by atoms with Crippen LogP contribution in [0.2, 0.25) is 5.02 Å². The molecular formula is C13H9ClF2. The number of rotatable bonds is 1. The molecule has 0 aliphatic carbocycles. The lowest BCUT2D eigenvalue weighted by Crippen LogP contribution is -1.91. The molecule has 0 aliphatic rings. The fraction of sp³-hybridized carbons (Fsp3) is 0.0769. The van der Waals surface area contributed by atoms with Crippen LogP contribution in [0.3, 0.4) is 0 Å². The summed E-state index contributed by atoms with van der Waals surface area (Å²) in [5.74, 6) is -1.14. The molecule has 0 atom stereocenters. The minimum atomic E-state index is -0.570. The molecule has 0 amide bonds. The van der Waals surface area contributed by atoms with Gasteiger partial charge in [-0.25, -0.2) is 8.78 Å². The maximum Gasteiger partial charge on any atom is 0.134 e. The van der Waals surface area contributed by atoms with Crippen molar-refractivity contribution in [2.24, 2.45) is 0 Å². The van der Waals surface area contributed by atoms with E-state index in [0.29, 0.717) is 16.1 Å². The Morgan fingerprint density at radius 2 is 1.62 bits per heavy atom. The summed E-state index contributed by atoms with van der Waals surface area (Å²) in [6, 6.07) is 9.10. The lowest BCUT2D eigenvalue weighted by atomic mass is 10.0. The van der Waals surface area contributed by atoms with Gasteiger partial charge in [0.05, 0.1) is 5.56 Å². The van der Waals surface area contributed by atoms with Crippen molar-refractivity contribution >= 4 is 11.6 Å². The molecule has 0 unspecified atom stereocenters. The van der Waals surface area contributed by atoms with Crippen molar-refractivity contribution in [1.29, 1.82) is 0 Å². The van der Waals surface area contributed by atoms with Gasteiger partial charge in [0.2, 0.25) is 0 Å². The monoisotopic (exact) mass is 238 g/mol. The molecular weight excluding hydrogens is 230 g/mol. The van der Waals surface area contributed by atoms with E-state index in [9.17, 15) is 8.78 Å². The fourth-order valence-corrected chi connectivity index (χ4v) is 1.81. The predicted molar refractivity (Wildman–Crippen MR) is 61.5 cm³/mol. The summed E-state index contributed by atoms with van der Waals surface area (Å²) in [5.41, 5.74) is 0.969. The van der Waals surface area contributed by atoms with Crippen LogP contribution in [0.4, 0.5) is 8.78 Å². The second-order valence-electron chi connectivity index (χ2n) is 3.61. The average molecular weight is 239 g/mol. The minimum Gasteiger partial charge on any atom is -0.206 e. The van der Waals surface area contributed by atoms with E-state index in [0.717, 1.165) is 0 Å². The molecule has 2 aromatic carbocycles. The van der Waals surface area contributed by atoms with Gasteiger partial charge in [-0.1, -0.05) is 23.7 Å². The molecule has 82 valence electrons. The highest BCUT2D eigenvalue weighted by Gasteiger charge is 2.12. The zero-order chi connectivity index (χ0) is 11.7. The Balaban J connectivity index is 2.64. The quantitative estimate of drug-likeness (QED) is 0.682. The van der Waals surface area contributed by atoms with Crippen molar-refractivity contribution in [2.75, 3.05) is 0 Å². The van der Waals surface area contributed by atoms with E-state index in [1.54, 1.807) is 31.2 Å². The first kappa shape index (κ1) is 11.1. The Bertz CT molecular complexity index is 512. The van der Waals surface area contributed by atoms with Gasteiger partial charge in [-0.05, 0) is 42.3 Å². The van der Waals surface area contributed by atoms with E-state index in [-0.39, 0.29) is 5.56 Å². The predicted octanol–water partition coefficient (Wildman–Crippen LogP) is 4.59. The van der Waals surface area contributed by atoms with Crippen molar-refractivity contribution in [1.82, 2.24) is 0 Å². The van der Waals surface area contributed by atoms with Crippen LogP contribution < -0.4 is 0 Å². The lowest BCUT2D eigenvalue weighted by molar-refractivity contribution is 0.588. The third kappa shape index (κ3) is 2.07. The molecule has 0 aromatic heterocycles. The molecule has 3 heteroatoms.